The molecule has 3 heterocycles. The summed E-state index contributed by atoms with van der Waals surface area (Å²) in [6.45, 7) is 4.25. The fourth-order valence-electron chi connectivity index (χ4n) is 7.26. The van der Waals surface area contributed by atoms with E-state index in [0.717, 1.165) is 88.1 Å². The summed E-state index contributed by atoms with van der Waals surface area (Å²) < 4.78 is 13.0. The Labute approximate surface area is 263 Å². The first-order chi connectivity index (χ1) is 22.6. The summed E-state index contributed by atoms with van der Waals surface area (Å²) in [4.78, 5) is 10.4. The van der Waals surface area contributed by atoms with Crippen LogP contribution in [0.5, 0.6) is 0 Å². The number of para-hydroxylation sites is 2. The van der Waals surface area contributed by atoms with Gasteiger partial charge >= 0.3 is 0 Å². The van der Waals surface area contributed by atoms with Crippen molar-refractivity contribution in [3.8, 4) is 22.4 Å². The van der Waals surface area contributed by atoms with E-state index in [1.165, 1.54) is 21.9 Å². The van der Waals surface area contributed by atoms with E-state index < -0.39 is 0 Å². The molecular formula is C42H26N2O2. The number of rotatable bonds is 2. The molecule has 0 fully saturated rings. The van der Waals surface area contributed by atoms with Crippen molar-refractivity contribution in [1.29, 1.82) is 0 Å². The first kappa shape index (κ1) is 25.3. The standard InChI is InChI=1S/C42H26N2O2/c1-23-14-16-27-28-17-15-24(2)19-32(28)41-40(31(27)18-23)43-22-34(44-41)25-8-7-9-26(20-25)38-39-30-11-4-6-13-36(30)45-37(39)21-33-29-10-3-5-12-35(29)46-42(33)38/h3-22H,1-2H3. The van der Waals surface area contributed by atoms with E-state index in [-0.39, 0.29) is 0 Å². The van der Waals surface area contributed by atoms with Crippen molar-refractivity contribution in [1.82, 2.24) is 9.97 Å². The highest BCUT2D eigenvalue weighted by molar-refractivity contribution is 6.24. The maximum absolute atomic E-state index is 6.61. The molecule has 3 aromatic heterocycles. The summed E-state index contributed by atoms with van der Waals surface area (Å²) in [6, 6.07) is 40.3. The fourth-order valence-corrected chi connectivity index (χ4v) is 7.26. The van der Waals surface area contributed by atoms with Crippen molar-refractivity contribution in [2.45, 2.75) is 13.8 Å². The summed E-state index contributed by atoms with van der Waals surface area (Å²) in [5, 5.41) is 8.87. The number of furan rings is 2. The Kier molecular flexibility index (Phi) is 5.10. The molecule has 10 rings (SSSR count). The van der Waals surface area contributed by atoms with Crippen LogP contribution >= 0.6 is 0 Å². The second kappa shape index (κ2) is 9.26. The quantitative estimate of drug-likeness (QED) is 0.188. The van der Waals surface area contributed by atoms with Crippen molar-refractivity contribution < 1.29 is 8.83 Å². The molecule has 7 aromatic carbocycles. The zero-order valence-corrected chi connectivity index (χ0v) is 25.3. The third kappa shape index (κ3) is 3.55. The van der Waals surface area contributed by atoms with Crippen molar-refractivity contribution in [2.75, 3.05) is 0 Å². The lowest BCUT2D eigenvalue weighted by Crippen LogP contribution is -1.93. The van der Waals surface area contributed by atoms with Crippen LogP contribution in [0.25, 0.3) is 98.8 Å². The zero-order chi connectivity index (χ0) is 30.5. The van der Waals surface area contributed by atoms with Crippen LogP contribution in [-0.2, 0) is 0 Å². The lowest BCUT2D eigenvalue weighted by atomic mass is 9.94. The van der Waals surface area contributed by atoms with Crippen molar-refractivity contribution in [2.24, 2.45) is 0 Å². The Morgan fingerprint density at radius 1 is 0.478 bits per heavy atom. The molecule has 0 aliphatic rings. The number of hydrogen-bond acceptors (Lipinski definition) is 4. The van der Waals surface area contributed by atoms with Crippen molar-refractivity contribution in [3.63, 3.8) is 0 Å². The van der Waals surface area contributed by atoms with E-state index in [1.807, 2.05) is 30.5 Å². The smallest absolute Gasteiger partial charge is 0.144 e. The third-order valence-corrected chi connectivity index (χ3v) is 9.38. The highest BCUT2D eigenvalue weighted by atomic mass is 16.3. The van der Waals surface area contributed by atoms with E-state index in [1.54, 1.807) is 0 Å². The summed E-state index contributed by atoms with van der Waals surface area (Å²) >= 11 is 0. The maximum atomic E-state index is 6.61. The van der Waals surface area contributed by atoms with Crippen LogP contribution in [0, 0.1) is 13.8 Å². The van der Waals surface area contributed by atoms with Gasteiger partial charge in [-0.2, -0.15) is 0 Å². The van der Waals surface area contributed by atoms with Gasteiger partial charge in [0.2, 0.25) is 0 Å². The predicted molar refractivity (Wildman–Crippen MR) is 189 cm³/mol. The first-order valence-electron chi connectivity index (χ1n) is 15.6. The lowest BCUT2D eigenvalue weighted by Gasteiger charge is -2.12. The molecule has 46 heavy (non-hydrogen) atoms. The SMILES string of the molecule is Cc1ccc2c3ccc(C)cc3c3nc(-c4cccc(-c5c6oc7ccccc7c6cc6oc7ccccc7c56)c4)cnc3c2c1. The molecule has 0 aliphatic heterocycles. The molecule has 0 amide bonds. The van der Waals surface area contributed by atoms with Gasteiger partial charge in [-0.3, -0.25) is 4.98 Å². The van der Waals surface area contributed by atoms with E-state index in [0.29, 0.717) is 0 Å². The molecule has 0 atom stereocenters. The number of fused-ring (bicyclic) bond motifs is 12. The highest BCUT2D eigenvalue weighted by Gasteiger charge is 2.21. The van der Waals surface area contributed by atoms with Gasteiger partial charge in [-0.15, -0.1) is 0 Å². The van der Waals surface area contributed by atoms with Gasteiger partial charge in [-0.25, -0.2) is 4.98 Å². The molecule has 0 N–H and O–H groups in total. The second-order valence-corrected chi connectivity index (χ2v) is 12.3. The monoisotopic (exact) mass is 590 g/mol. The number of nitrogens with zero attached hydrogens (tertiary/aromatic N) is 2. The van der Waals surface area contributed by atoms with Gasteiger partial charge < -0.3 is 8.83 Å². The fraction of sp³-hybridized carbons (Fsp3) is 0.0476. The maximum Gasteiger partial charge on any atom is 0.144 e. The molecule has 0 unspecified atom stereocenters. The third-order valence-electron chi connectivity index (χ3n) is 9.38. The Bertz CT molecular complexity index is 2890. The lowest BCUT2D eigenvalue weighted by molar-refractivity contribution is 0.664. The largest absolute Gasteiger partial charge is 0.456 e. The van der Waals surface area contributed by atoms with Crippen molar-refractivity contribution in [3.05, 3.63) is 133 Å². The summed E-state index contributed by atoms with van der Waals surface area (Å²) in [5.41, 5.74) is 11.5. The number of benzene rings is 7. The van der Waals surface area contributed by atoms with Gasteiger partial charge in [0.1, 0.15) is 22.3 Å². The minimum Gasteiger partial charge on any atom is -0.456 e. The summed E-state index contributed by atoms with van der Waals surface area (Å²) in [5.74, 6) is 0. The molecule has 0 radical (unpaired) electrons. The predicted octanol–water partition coefficient (Wildman–Crippen LogP) is 11.7. The van der Waals surface area contributed by atoms with Crippen LogP contribution in [0.4, 0.5) is 0 Å². The zero-order valence-electron chi connectivity index (χ0n) is 25.3. The van der Waals surface area contributed by atoms with Gasteiger partial charge in [0, 0.05) is 43.4 Å². The van der Waals surface area contributed by atoms with E-state index in [4.69, 9.17) is 18.8 Å². The molecule has 0 aliphatic carbocycles. The Balaban J connectivity index is 1.26. The van der Waals surface area contributed by atoms with Gasteiger partial charge in [-0.05, 0) is 66.6 Å². The minimum absolute atomic E-state index is 0.828. The number of aryl methyl sites for hydroxylation is 2. The van der Waals surface area contributed by atoms with Crippen LogP contribution in [0.2, 0.25) is 0 Å². The van der Waals surface area contributed by atoms with E-state index >= 15 is 0 Å². The van der Waals surface area contributed by atoms with E-state index in [2.05, 4.69) is 105 Å². The highest BCUT2D eigenvalue weighted by Crippen LogP contribution is 2.45. The molecule has 4 heteroatoms. The molecule has 216 valence electrons. The van der Waals surface area contributed by atoms with Gasteiger partial charge in [0.05, 0.1) is 22.9 Å². The van der Waals surface area contributed by atoms with Gasteiger partial charge in [0.25, 0.3) is 0 Å². The number of aromatic nitrogens is 2. The Morgan fingerprint density at radius 3 is 1.93 bits per heavy atom. The topological polar surface area (TPSA) is 52.1 Å². The number of hydrogen-bond donors (Lipinski definition) is 0. The minimum atomic E-state index is 0.828. The van der Waals surface area contributed by atoms with Crippen LogP contribution in [0.15, 0.2) is 130 Å². The first-order valence-corrected chi connectivity index (χ1v) is 15.6. The second-order valence-electron chi connectivity index (χ2n) is 12.3. The molecule has 4 nitrogen and oxygen atoms in total. The normalized spacial score (nSPS) is 12.1. The molecular weight excluding hydrogens is 564 g/mol. The molecule has 0 saturated heterocycles. The summed E-state index contributed by atoms with van der Waals surface area (Å²) in [7, 11) is 0. The average Bonchev–Trinajstić information content (AvgIpc) is 3.65. The van der Waals surface area contributed by atoms with E-state index in [9.17, 15) is 0 Å². The average molecular weight is 591 g/mol. The van der Waals surface area contributed by atoms with Crippen LogP contribution in [0.1, 0.15) is 11.1 Å². The van der Waals surface area contributed by atoms with Crippen LogP contribution in [-0.4, -0.2) is 9.97 Å². The molecule has 0 spiro atoms. The Hall–Kier alpha value is -6.00. The van der Waals surface area contributed by atoms with Crippen molar-refractivity contribution >= 4 is 76.5 Å². The van der Waals surface area contributed by atoms with Gasteiger partial charge in [0.15, 0.2) is 0 Å². The molecule has 0 saturated carbocycles. The molecule has 0 bridgehead atoms. The summed E-state index contributed by atoms with van der Waals surface area (Å²) in [6.07, 6.45) is 1.91. The van der Waals surface area contributed by atoms with Gasteiger partial charge in [-0.1, -0.05) is 90.0 Å². The van der Waals surface area contributed by atoms with Crippen LogP contribution in [0.3, 0.4) is 0 Å². The molecule has 10 aromatic rings. The van der Waals surface area contributed by atoms with Crippen LogP contribution < -0.4 is 0 Å². The Morgan fingerprint density at radius 2 is 1.15 bits per heavy atom.